The highest BCUT2D eigenvalue weighted by molar-refractivity contribution is 7.20. The van der Waals surface area contributed by atoms with Gasteiger partial charge in [0.15, 0.2) is 0 Å². The number of carbonyl (C=O) groups excluding carboxylic acids is 1. The summed E-state index contributed by atoms with van der Waals surface area (Å²) in [6.07, 6.45) is 10.2. The summed E-state index contributed by atoms with van der Waals surface area (Å²) in [7, 11) is 0. The van der Waals surface area contributed by atoms with Crippen LogP contribution in [-0.2, 0) is 4.79 Å². The van der Waals surface area contributed by atoms with Gasteiger partial charge in [0, 0.05) is 32.5 Å². The molecule has 2 aromatic carbocycles. The Hall–Kier alpha value is -3.00. The number of fused-ring (bicyclic) bond motifs is 1. The fourth-order valence-electron chi connectivity index (χ4n) is 4.66. The second-order valence-corrected chi connectivity index (χ2v) is 10.7. The van der Waals surface area contributed by atoms with Crippen LogP contribution in [0.15, 0.2) is 72.3 Å². The molecule has 1 aromatic heterocycles. The van der Waals surface area contributed by atoms with E-state index in [4.69, 9.17) is 9.47 Å². The van der Waals surface area contributed by atoms with Gasteiger partial charge in [-0.25, -0.2) is 9.78 Å². The summed E-state index contributed by atoms with van der Waals surface area (Å²) in [6.45, 7) is 5.75. The highest BCUT2D eigenvalue weighted by atomic mass is 32.1. The van der Waals surface area contributed by atoms with Crippen LogP contribution in [0.3, 0.4) is 0 Å². The van der Waals surface area contributed by atoms with Gasteiger partial charge in [-0.05, 0) is 54.3 Å². The minimum atomic E-state index is 0.262. The summed E-state index contributed by atoms with van der Waals surface area (Å²) in [5, 5.41) is 2.61. The lowest BCUT2D eigenvalue weighted by molar-refractivity contribution is -0.609. The lowest BCUT2D eigenvalue weighted by Gasteiger charge is -2.30. The van der Waals surface area contributed by atoms with Crippen molar-refractivity contribution in [2.75, 3.05) is 26.2 Å². The molecule has 0 saturated carbocycles. The zero-order valence-electron chi connectivity index (χ0n) is 20.8. The molecule has 1 amide bonds. The van der Waals surface area contributed by atoms with E-state index in [1.54, 1.807) is 11.3 Å². The van der Waals surface area contributed by atoms with Crippen molar-refractivity contribution in [1.82, 2.24) is 9.88 Å². The Morgan fingerprint density at radius 2 is 1.89 bits per heavy atom. The maximum atomic E-state index is 12.5. The number of nitrogens with zero attached hydrogens (tertiary/aromatic N) is 2. The predicted molar refractivity (Wildman–Crippen MR) is 144 cm³/mol. The van der Waals surface area contributed by atoms with Crippen LogP contribution < -0.4 is 14.8 Å². The molecule has 0 radical (unpaired) electrons. The number of hydrogen-bond donors (Lipinski definition) is 1. The Morgan fingerprint density at radius 3 is 2.64 bits per heavy atom. The van der Waals surface area contributed by atoms with E-state index in [1.165, 1.54) is 5.57 Å². The molecule has 2 heterocycles. The van der Waals surface area contributed by atoms with Gasteiger partial charge in [0.25, 0.3) is 5.19 Å². The second-order valence-electron chi connectivity index (χ2n) is 9.71. The number of aromatic nitrogens is 1. The first-order valence-electron chi connectivity index (χ1n) is 12.8. The molecule has 6 nitrogen and oxygen atoms in total. The van der Waals surface area contributed by atoms with Gasteiger partial charge >= 0.3 is 5.91 Å². The van der Waals surface area contributed by atoms with E-state index in [9.17, 15) is 4.79 Å². The lowest BCUT2D eigenvalue weighted by Crippen LogP contribution is -2.94. The third-order valence-corrected chi connectivity index (χ3v) is 7.72. The fourth-order valence-corrected chi connectivity index (χ4v) is 5.50. The smallest absolute Gasteiger partial charge is 0.315 e. The zero-order chi connectivity index (χ0) is 24.7. The van der Waals surface area contributed by atoms with E-state index in [2.05, 4.69) is 35.0 Å². The van der Waals surface area contributed by atoms with Crippen molar-refractivity contribution >= 4 is 27.5 Å². The molecule has 1 aliphatic carbocycles. The predicted octanol–water partition coefficient (Wildman–Crippen LogP) is 4.93. The molecule has 1 aliphatic heterocycles. The number of piperidine rings is 1. The molecular formula is C29H34N3O3S+. The number of rotatable bonds is 9. The average molecular weight is 505 g/mol. The van der Waals surface area contributed by atoms with Crippen molar-refractivity contribution in [2.45, 2.75) is 38.6 Å². The number of primary amides is 1. The summed E-state index contributed by atoms with van der Waals surface area (Å²) in [5.74, 6) is 2.43. The first-order chi connectivity index (χ1) is 17.6. The van der Waals surface area contributed by atoms with E-state index in [0.29, 0.717) is 30.2 Å². The van der Waals surface area contributed by atoms with Crippen LogP contribution in [-0.4, -0.2) is 48.1 Å². The van der Waals surface area contributed by atoms with Gasteiger partial charge in [-0.2, -0.15) is 0 Å². The standard InChI is InChI=1S/C29H33N3O3S/c1-21-6-8-22(9-7-21)20-28(33)30-23-14-16-32(17-15-23)18-19-34-24-10-12-25(13-11-24)35-29-31-26-4-2-3-5-27(26)36-29/h2-6,8-13,21,23H,7,14-20H2,1H3,(H,30,33)/p+1. The van der Waals surface area contributed by atoms with Crippen LogP contribution in [0.2, 0.25) is 0 Å². The van der Waals surface area contributed by atoms with E-state index in [-0.39, 0.29) is 5.91 Å². The molecule has 2 aliphatic rings. The normalized spacial score (nSPS) is 18.8. The van der Waals surface area contributed by atoms with Crippen molar-refractivity contribution in [3.8, 4) is 16.7 Å². The summed E-state index contributed by atoms with van der Waals surface area (Å²) in [4.78, 5) is 19.4. The number of ether oxygens (including phenoxy) is 2. The van der Waals surface area contributed by atoms with Gasteiger partial charge in [-0.3, -0.25) is 10.2 Å². The van der Waals surface area contributed by atoms with Crippen LogP contribution in [0, 0.1) is 5.92 Å². The van der Waals surface area contributed by atoms with Gasteiger partial charge < -0.3 is 9.47 Å². The fraction of sp³-hybridized carbons (Fsp3) is 0.379. The molecule has 1 saturated heterocycles. The largest absolute Gasteiger partial charge is 0.492 e. The number of amides is 1. The average Bonchev–Trinajstić information content (AvgIpc) is 3.30. The Balaban J connectivity index is 0.991. The van der Waals surface area contributed by atoms with Crippen LogP contribution in [0.4, 0.5) is 0 Å². The third-order valence-electron chi connectivity index (χ3n) is 6.80. The maximum absolute atomic E-state index is 12.5. The van der Waals surface area contributed by atoms with E-state index in [0.717, 1.165) is 60.6 Å². The first-order valence-corrected chi connectivity index (χ1v) is 13.7. The Morgan fingerprint density at radius 1 is 1.11 bits per heavy atom. The summed E-state index contributed by atoms with van der Waals surface area (Å²) >= 11 is 1.54. The summed E-state index contributed by atoms with van der Waals surface area (Å²) < 4.78 is 13.0. The number of thiazole rings is 1. The molecular weight excluding hydrogens is 470 g/mol. The number of nitrogens with two attached hydrogens (primary N) is 1. The quantitative estimate of drug-likeness (QED) is 0.447. The lowest BCUT2D eigenvalue weighted by atomic mass is 9.96. The molecule has 36 heavy (non-hydrogen) atoms. The molecule has 1 atom stereocenters. The molecule has 0 bridgehead atoms. The molecule has 1 fully saturated rings. The number of para-hydroxylation sites is 1. The Labute approximate surface area is 216 Å². The van der Waals surface area contributed by atoms with Crippen molar-refractivity contribution in [2.24, 2.45) is 5.92 Å². The molecule has 0 spiro atoms. The molecule has 188 valence electrons. The zero-order valence-corrected chi connectivity index (χ0v) is 21.6. The van der Waals surface area contributed by atoms with E-state index >= 15 is 0 Å². The highest BCUT2D eigenvalue weighted by Crippen LogP contribution is 2.31. The second kappa shape index (κ2) is 11.8. The first kappa shape index (κ1) is 24.7. The van der Waals surface area contributed by atoms with Crippen LogP contribution >= 0.6 is 11.3 Å². The van der Waals surface area contributed by atoms with Gasteiger partial charge in [0.2, 0.25) is 0 Å². The number of benzene rings is 2. The maximum Gasteiger partial charge on any atom is 0.315 e. The number of allylic oxidation sites excluding steroid dienone is 3. The SMILES string of the molecule is CC1C=CC(CC(=O)[NH2+]C2CCN(CCOc3ccc(Oc4nc5ccccc5s4)cc3)CC2)=CC1. The van der Waals surface area contributed by atoms with Crippen LogP contribution in [0.1, 0.15) is 32.6 Å². The molecule has 7 heteroatoms. The topological polar surface area (TPSA) is 68.3 Å². The number of quaternary nitrogens is 1. The summed E-state index contributed by atoms with van der Waals surface area (Å²) in [5.41, 5.74) is 2.12. The van der Waals surface area contributed by atoms with Gasteiger partial charge in [0.05, 0.1) is 22.7 Å². The van der Waals surface area contributed by atoms with E-state index < -0.39 is 0 Å². The molecule has 3 aromatic rings. The molecule has 2 N–H and O–H groups in total. The number of carbonyl (C=O) groups is 1. The minimum absolute atomic E-state index is 0.262. The number of likely N-dealkylation sites (tertiary alicyclic amines) is 1. The third kappa shape index (κ3) is 6.81. The molecule has 5 rings (SSSR count). The highest BCUT2D eigenvalue weighted by Gasteiger charge is 2.24. The van der Waals surface area contributed by atoms with Crippen LogP contribution in [0.25, 0.3) is 10.2 Å². The van der Waals surface area contributed by atoms with Gasteiger partial charge in [-0.15, -0.1) is 0 Å². The van der Waals surface area contributed by atoms with Crippen molar-refractivity contribution < 1.29 is 19.6 Å². The monoisotopic (exact) mass is 504 g/mol. The van der Waals surface area contributed by atoms with Crippen molar-refractivity contribution in [3.63, 3.8) is 0 Å². The van der Waals surface area contributed by atoms with Crippen molar-refractivity contribution in [3.05, 3.63) is 72.3 Å². The minimum Gasteiger partial charge on any atom is -0.492 e. The van der Waals surface area contributed by atoms with Crippen molar-refractivity contribution in [1.29, 1.82) is 0 Å². The van der Waals surface area contributed by atoms with Crippen LogP contribution in [0.5, 0.6) is 16.7 Å². The van der Waals surface area contributed by atoms with E-state index in [1.807, 2.05) is 53.8 Å². The Bertz CT molecular complexity index is 1190. The van der Waals surface area contributed by atoms with Gasteiger partial charge in [-0.1, -0.05) is 48.6 Å². The summed E-state index contributed by atoms with van der Waals surface area (Å²) in [6, 6.07) is 16.1. The number of hydrogen-bond acceptors (Lipinski definition) is 6. The van der Waals surface area contributed by atoms with Gasteiger partial charge in [0.1, 0.15) is 18.1 Å². The molecule has 1 unspecified atom stereocenters. The Kier molecular flexibility index (Phi) is 8.11.